The number of carbonyl (C=O) groups excluding carboxylic acids is 1. The van der Waals surface area contributed by atoms with Gasteiger partial charge < -0.3 is 15.0 Å². The van der Waals surface area contributed by atoms with E-state index < -0.39 is 0 Å². The molecule has 0 saturated carbocycles. The molecule has 0 bridgehead atoms. The second-order valence-corrected chi connectivity index (χ2v) is 7.04. The number of hydrogen-bond donors (Lipinski definition) is 1. The van der Waals surface area contributed by atoms with E-state index in [1.165, 1.54) is 6.42 Å². The molecule has 0 aromatic carbocycles. The summed E-state index contributed by atoms with van der Waals surface area (Å²) in [6.07, 6.45) is 4.51. The highest BCUT2D eigenvalue weighted by molar-refractivity contribution is 5.78. The van der Waals surface area contributed by atoms with Crippen molar-refractivity contribution in [2.75, 3.05) is 19.6 Å². The molecule has 0 aromatic rings. The van der Waals surface area contributed by atoms with Crippen LogP contribution in [0.2, 0.25) is 0 Å². The molecule has 2 rings (SSSR count). The Labute approximate surface area is 116 Å². The molecule has 1 unspecified atom stereocenters. The predicted octanol–water partition coefficient (Wildman–Crippen LogP) is 1.93. The SMILES string of the molecule is CC1(C)CC(NCC(=O)N2CCCCC2)C(C)(C)O1. The summed E-state index contributed by atoms with van der Waals surface area (Å²) < 4.78 is 6.04. The number of likely N-dealkylation sites (tertiary alicyclic amines) is 1. The molecular formula is C15H28N2O2. The molecule has 1 N–H and O–H groups in total. The van der Waals surface area contributed by atoms with Crippen LogP contribution < -0.4 is 5.32 Å². The van der Waals surface area contributed by atoms with E-state index in [-0.39, 0.29) is 23.2 Å². The van der Waals surface area contributed by atoms with Crippen molar-refractivity contribution >= 4 is 5.91 Å². The Balaban J connectivity index is 1.83. The van der Waals surface area contributed by atoms with E-state index >= 15 is 0 Å². The highest BCUT2D eigenvalue weighted by atomic mass is 16.5. The molecule has 110 valence electrons. The van der Waals surface area contributed by atoms with Gasteiger partial charge in [0.1, 0.15) is 0 Å². The molecule has 2 fully saturated rings. The zero-order valence-corrected chi connectivity index (χ0v) is 12.8. The quantitative estimate of drug-likeness (QED) is 0.850. The highest BCUT2D eigenvalue weighted by Crippen LogP contribution is 2.37. The molecule has 1 amide bonds. The maximum absolute atomic E-state index is 12.1. The van der Waals surface area contributed by atoms with Crippen LogP contribution in [0.1, 0.15) is 53.4 Å². The third-order valence-electron chi connectivity index (χ3n) is 4.28. The molecule has 4 nitrogen and oxygen atoms in total. The first-order valence-corrected chi connectivity index (χ1v) is 7.51. The van der Waals surface area contributed by atoms with Crippen LogP contribution in [0.5, 0.6) is 0 Å². The fraction of sp³-hybridized carbons (Fsp3) is 0.933. The Morgan fingerprint density at radius 1 is 1.21 bits per heavy atom. The number of rotatable bonds is 3. The third kappa shape index (κ3) is 3.69. The van der Waals surface area contributed by atoms with Gasteiger partial charge in [0.25, 0.3) is 0 Å². The molecule has 1 atom stereocenters. The van der Waals surface area contributed by atoms with Crippen LogP contribution in [0.25, 0.3) is 0 Å². The molecule has 0 aromatic heterocycles. The van der Waals surface area contributed by atoms with Crippen LogP contribution in [0, 0.1) is 0 Å². The smallest absolute Gasteiger partial charge is 0.236 e. The lowest BCUT2D eigenvalue weighted by Crippen LogP contribution is -2.48. The maximum atomic E-state index is 12.1. The molecule has 19 heavy (non-hydrogen) atoms. The van der Waals surface area contributed by atoms with Crippen molar-refractivity contribution < 1.29 is 9.53 Å². The number of nitrogens with one attached hydrogen (secondary N) is 1. The van der Waals surface area contributed by atoms with Crippen molar-refractivity contribution in [3.8, 4) is 0 Å². The van der Waals surface area contributed by atoms with Gasteiger partial charge in [-0.25, -0.2) is 0 Å². The normalized spacial score (nSPS) is 29.5. The van der Waals surface area contributed by atoms with Crippen molar-refractivity contribution in [3.05, 3.63) is 0 Å². The first-order chi connectivity index (χ1) is 8.80. The van der Waals surface area contributed by atoms with Gasteiger partial charge in [0.2, 0.25) is 5.91 Å². The molecule has 0 aliphatic carbocycles. The van der Waals surface area contributed by atoms with Gasteiger partial charge in [-0.3, -0.25) is 4.79 Å². The summed E-state index contributed by atoms with van der Waals surface area (Å²) in [6.45, 7) is 10.7. The number of nitrogens with zero attached hydrogens (tertiary/aromatic N) is 1. The summed E-state index contributed by atoms with van der Waals surface area (Å²) in [5.74, 6) is 0.236. The van der Waals surface area contributed by atoms with Crippen molar-refractivity contribution in [2.45, 2.75) is 70.6 Å². The molecule has 4 heteroatoms. The van der Waals surface area contributed by atoms with Crippen molar-refractivity contribution in [2.24, 2.45) is 0 Å². The summed E-state index contributed by atoms with van der Waals surface area (Å²) in [6, 6.07) is 0.247. The van der Waals surface area contributed by atoms with E-state index in [0.717, 1.165) is 32.4 Å². The summed E-state index contributed by atoms with van der Waals surface area (Å²) >= 11 is 0. The van der Waals surface area contributed by atoms with Gasteiger partial charge in [0.15, 0.2) is 0 Å². The zero-order valence-electron chi connectivity index (χ0n) is 12.8. The van der Waals surface area contributed by atoms with Gasteiger partial charge in [-0.15, -0.1) is 0 Å². The highest BCUT2D eigenvalue weighted by Gasteiger charge is 2.45. The number of piperidine rings is 1. The van der Waals surface area contributed by atoms with Crippen LogP contribution in [0.3, 0.4) is 0 Å². The van der Waals surface area contributed by atoms with Gasteiger partial charge in [0, 0.05) is 19.1 Å². The Kier molecular flexibility index (Phi) is 4.21. The Morgan fingerprint density at radius 3 is 2.37 bits per heavy atom. The molecule has 2 saturated heterocycles. The average molecular weight is 268 g/mol. The van der Waals surface area contributed by atoms with Crippen LogP contribution in [0.15, 0.2) is 0 Å². The molecule has 2 aliphatic rings. The van der Waals surface area contributed by atoms with Crippen LogP contribution in [-0.4, -0.2) is 47.7 Å². The third-order valence-corrected chi connectivity index (χ3v) is 4.28. The van der Waals surface area contributed by atoms with Crippen molar-refractivity contribution in [1.29, 1.82) is 0 Å². The van der Waals surface area contributed by atoms with Gasteiger partial charge in [-0.2, -0.15) is 0 Å². The lowest BCUT2D eigenvalue weighted by Gasteiger charge is -2.30. The Bertz CT molecular complexity index is 333. The minimum absolute atomic E-state index is 0.102. The summed E-state index contributed by atoms with van der Waals surface area (Å²) in [7, 11) is 0. The number of amides is 1. The number of hydrogen-bond acceptors (Lipinski definition) is 3. The van der Waals surface area contributed by atoms with Crippen LogP contribution in [-0.2, 0) is 9.53 Å². The second kappa shape index (κ2) is 5.41. The van der Waals surface area contributed by atoms with Gasteiger partial charge in [-0.1, -0.05) is 0 Å². The zero-order chi connectivity index (χ0) is 14.1. The summed E-state index contributed by atoms with van der Waals surface area (Å²) in [4.78, 5) is 14.1. The summed E-state index contributed by atoms with van der Waals surface area (Å²) in [5.41, 5.74) is -0.305. The molecule has 0 spiro atoms. The minimum atomic E-state index is -0.203. The molecule has 0 radical (unpaired) electrons. The summed E-state index contributed by atoms with van der Waals surface area (Å²) in [5, 5.41) is 3.41. The van der Waals surface area contributed by atoms with E-state index in [0.29, 0.717) is 6.54 Å². The first kappa shape index (κ1) is 14.8. The van der Waals surface area contributed by atoms with Crippen LogP contribution >= 0.6 is 0 Å². The number of carbonyl (C=O) groups is 1. The minimum Gasteiger partial charge on any atom is -0.368 e. The lowest BCUT2D eigenvalue weighted by molar-refractivity contribution is -0.131. The van der Waals surface area contributed by atoms with Crippen molar-refractivity contribution in [1.82, 2.24) is 10.2 Å². The lowest BCUT2D eigenvalue weighted by atomic mass is 9.94. The number of ether oxygens (including phenoxy) is 1. The molecular weight excluding hydrogens is 240 g/mol. The molecule has 2 heterocycles. The Hall–Kier alpha value is -0.610. The van der Waals surface area contributed by atoms with E-state index in [2.05, 4.69) is 33.0 Å². The van der Waals surface area contributed by atoms with E-state index in [4.69, 9.17) is 4.74 Å². The van der Waals surface area contributed by atoms with Gasteiger partial charge in [0.05, 0.1) is 17.7 Å². The van der Waals surface area contributed by atoms with Crippen molar-refractivity contribution in [3.63, 3.8) is 0 Å². The largest absolute Gasteiger partial charge is 0.368 e. The van der Waals surface area contributed by atoms with Gasteiger partial charge >= 0.3 is 0 Å². The van der Waals surface area contributed by atoms with E-state index in [1.54, 1.807) is 0 Å². The van der Waals surface area contributed by atoms with Gasteiger partial charge in [-0.05, 0) is 53.4 Å². The standard InChI is InChI=1S/C15H28N2O2/c1-14(2)10-12(15(3,4)19-14)16-11-13(18)17-8-6-5-7-9-17/h12,16H,5-11H2,1-4H3. The topological polar surface area (TPSA) is 41.6 Å². The van der Waals surface area contributed by atoms with E-state index in [9.17, 15) is 4.79 Å². The average Bonchev–Trinajstić information content (AvgIpc) is 2.55. The Morgan fingerprint density at radius 2 is 1.84 bits per heavy atom. The first-order valence-electron chi connectivity index (χ1n) is 7.51. The fourth-order valence-electron chi connectivity index (χ4n) is 3.35. The monoisotopic (exact) mass is 268 g/mol. The maximum Gasteiger partial charge on any atom is 0.236 e. The predicted molar refractivity (Wildman–Crippen MR) is 76.1 cm³/mol. The van der Waals surface area contributed by atoms with Crippen LogP contribution in [0.4, 0.5) is 0 Å². The van der Waals surface area contributed by atoms with E-state index in [1.807, 2.05) is 4.90 Å². The fourth-order valence-corrected chi connectivity index (χ4v) is 3.35. The second-order valence-electron chi connectivity index (χ2n) is 7.04. The molecule has 2 aliphatic heterocycles.